The van der Waals surface area contributed by atoms with Crippen molar-refractivity contribution in [1.82, 2.24) is 10.6 Å². The molecule has 20 heavy (non-hydrogen) atoms. The molecule has 0 saturated carbocycles. The van der Waals surface area contributed by atoms with Gasteiger partial charge in [-0.25, -0.2) is 4.79 Å². The molecule has 0 spiro atoms. The van der Waals surface area contributed by atoms with Crippen LogP contribution >= 0.6 is 12.2 Å². The Morgan fingerprint density at radius 2 is 2.00 bits per heavy atom. The van der Waals surface area contributed by atoms with Crippen molar-refractivity contribution in [3.05, 3.63) is 41.1 Å². The topological polar surface area (TPSA) is 59.6 Å². The molecule has 0 saturated heterocycles. The van der Waals surface area contributed by atoms with Crippen LogP contribution in [0.4, 0.5) is 0 Å². The van der Waals surface area contributed by atoms with Gasteiger partial charge in [0.15, 0.2) is 5.11 Å². The average Bonchev–Trinajstić information content (AvgIpc) is 2.45. The van der Waals surface area contributed by atoms with Crippen molar-refractivity contribution in [1.29, 1.82) is 0 Å². The van der Waals surface area contributed by atoms with Crippen LogP contribution in [0.1, 0.15) is 18.5 Å². The zero-order valence-electron chi connectivity index (χ0n) is 11.5. The number of ether oxygens (including phenoxy) is 2. The summed E-state index contributed by atoms with van der Waals surface area (Å²) in [7, 11) is 2.95. The Hall–Kier alpha value is -2.08. The summed E-state index contributed by atoms with van der Waals surface area (Å²) in [4.78, 5) is 12.0. The van der Waals surface area contributed by atoms with E-state index in [1.54, 1.807) is 14.0 Å². The number of carbonyl (C=O) groups is 1. The van der Waals surface area contributed by atoms with Crippen molar-refractivity contribution in [2.24, 2.45) is 0 Å². The molecule has 1 aromatic rings. The minimum Gasteiger partial charge on any atom is -0.496 e. The van der Waals surface area contributed by atoms with E-state index in [1.807, 2.05) is 24.3 Å². The molecule has 1 aromatic carbocycles. The summed E-state index contributed by atoms with van der Waals surface area (Å²) in [5.74, 6) is 0.282. The third kappa shape index (κ3) is 2.60. The Morgan fingerprint density at radius 1 is 1.30 bits per heavy atom. The van der Waals surface area contributed by atoms with E-state index in [2.05, 4.69) is 10.6 Å². The van der Waals surface area contributed by atoms with Crippen molar-refractivity contribution in [2.75, 3.05) is 14.2 Å². The minimum absolute atomic E-state index is 0.396. The maximum Gasteiger partial charge on any atom is 0.337 e. The lowest BCUT2D eigenvalue weighted by Gasteiger charge is -2.30. The fourth-order valence-corrected chi connectivity index (χ4v) is 2.48. The van der Waals surface area contributed by atoms with Gasteiger partial charge in [-0.15, -0.1) is 0 Å². The molecule has 2 N–H and O–H groups in total. The first-order chi connectivity index (χ1) is 9.58. The largest absolute Gasteiger partial charge is 0.496 e. The van der Waals surface area contributed by atoms with Gasteiger partial charge in [0.25, 0.3) is 0 Å². The van der Waals surface area contributed by atoms with Gasteiger partial charge >= 0.3 is 5.97 Å². The number of thiocarbonyl (C=S) groups is 1. The van der Waals surface area contributed by atoms with Crippen LogP contribution in [0.3, 0.4) is 0 Å². The molecule has 5 nitrogen and oxygen atoms in total. The maximum absolute atomic E-state index is 12.0. The second-order valence-corrected chi connectivity index (χ2v) is 4.71. The molecule has 106 valence electrons. The van der Waals surface area contributed by atoms with E-state index < -0.39 is 12.0 Å². The monoisotopic (exact) mass is 292 g/mol. The van der Waals surface area contributed by atoms with Gasteiger partial charge in [-0.2, -0.15) is 0 Å². The number of hydrogen-bond donors (Lipinski definition) is 2. The Balaban J connectivity index is 2.54. The first-order valence-corrected chi connectivity index (χ1v) is 6.48. The summed E-state index contributed by atoms with van der Waals surface area (Å²) in [5, 5.41) is 6.49. The highest BCUT2D eigenvalue weighted by Gasteiger charge is 2.32. The predicted octanol–water partition coefficient (Wildman–Crippen LogP) is 1.66. The first kappa shape index (κ1) is 14.3. The molecule has 0 amide bonds. The SMILES string of the molecule is COC(=O)C1=C(C)NC(=S)NC1c1ccccc1OC. The van der Waals surface area contributed by atoms with E-state index in [0.717, 1.165) is 5.56 Å². The lowest BCUT2D eigenvalue weighted by atomic mass is 9.95. The van der Waals surface area contributed by atoms with E-state index in [4.69, 9.17) is 21.7 Å². The van der Waals surface area contributed by atoms with Crippen LogP contribution in [0, 0.1) is 0 Å². The molecule has 0 bridgehead atoms. The first-order valence-electron chi connectivity index (χ1n) is 6.08. The molecule has 2 rings (SSSR count). The van der Waals surface area contributed by atoms with Crippen molar-refractivity contribution in [2.45, 2.75) is 13.0 Å². The number of methoxy groups -OCH3 is 2. The number of benzene rings is 1. The fraction of sp³-hybridized carbons (Fsp3) is 0.286. The third-order valence-electron chi connectivity index (χ3n) is 3.12. The van der Waals surface area contributed by atoms with Crippen molar-refractivity contribution >= 4 is 23.3 Å². The highest BCUT2D eigenvalue weighted by Crippen LogP contribution is 2.33. The van der Waals surface area contributed by atoms with Crippen LogP contribution in [0.25, 0.3) is 0 Å². The Labute approximate surface area is 123 Å². The highest BCUT2D eigenvalue weighted by atomic mass is 32.1. The Bertz CT molecular complexity index is 584. The van der Waals surface area contributed by atoms with Gasteiger partial charge in [-0.3, -0.25) is 0 Å². The average molecular weight is 292 g/mol. The van der Waals surface area contributed by atoms with E-state index in [-0.39, 0.29) is 0 Å². The molecular weight excluding hydrogens is 276 g/mol. The summed E-state index contributed by atoms with van der Waals surface area (Å²) in [6.07, 6.45) is 0. The summed E-state index contributed by atoms with van der Waals surface area (Å²) in [6.45, 7) is 1.79. The number of rotatable bonds is 3. The normalized spacial score (nSPS) is 18.1. The molecule has 1 aliphatic rings. The standard InChI is InChI=1S/C14H16N2O3S/c1-8-11(13(17)19-3)12(16-14(20)15-8)9-6-4-5-7-10(9)18-2/h4-7,12H,1-3H3,(H2,15,16,20). The summed E-state index contributed by atoms with van der Waals surface area (Å²) in [6, 6.07) is 7.09. The smallest absolute Gasteiger partial charge is 0.337 e. The number of hydrogen-bond acceptors (Lipinski definition) is 4. The van der Waals surface area contributed by atoms with Crippen LogP contribution in [0.15, 0.2) is 35.5 Å². The second kappa shape index (κ2) is 5.92. The van der Waals surface area contributed by atoms with Crippen molar-refractivity contribution < 1.29 is 14.3 Å². The number of carbonyl (C=O) groups excluding carboxylic acids is 1. The van der Waals surface area contributed by atoms with Crippen LogP contribution in [-0.4, -0.2) is 25.3 Å². The molecule has 0 radical (unpaired) electrons. The van der Waals surface area contributed by atoms with Crippen molar-refractivity contribution in [3.63, 3.8) is 0 Å². The van der Waals surface area contributed by atoms with Crippen LogP contribution in [-0.2, 0) is 9.53 Å². The van der Waals surface area contributed by atoms with Gasteiger partial charge in [-0.05, 0) is 25.2 Å². The number of esters is 1. The maximum atomic E-state index is 12.0. The van der Waals surface area contributed by atoms with E-state index in [1.165, 1.54) is 7.11 Å². The van der Waals surface area contributed by atoms with Crippen LogP contribution in [0.2, 0.25) is 0 Å². The highest BCUT2D eigenvalue weighted by molar-refractivity contribution is 7.80. The van der Waals surface area contributed by atoms with Gasteiger partial charge in [0.1, 0.15) is 5.75 Å². The predicted molar refractivity (Wildman–Crippen MR) is 79.3 cm³/mol. The molecule has 1 atom stereocenters. The van der Waals surface area contributed by atoms with E-state index in [0.29, 0.717) is 22.1 Å². The minimum atomic E-state index is -0.402. The van der Waals surface area contributed by atoms with Crippen LogP contribution < -0.4 is 15.4 Å². The molecule has 1 heterocycles. The number of allylic oxidation sites excluding steroid dienone is 1. The zero-order valence-corrected chi connectivity index (χ0v) is 12.3. The summed E-state index contributed by atoms with van der Waals surface area (Å²) >= 11 is 5.17. The van der Waals surface area contributed by atoms with Gasteiger partial charge < -0.3 is 20.1 Å². The summed E-state index contributed by atoms with van der Waals surface area (Å²) < 4.78 is 10.2. The Morgan fingerprint density at radius 3 is 2.65 bits per heavy atom. The van der Waals surface area contributed by atoms with E-state index >= 15 is 0 Å². The van der Waals surface area contributed by atoms with Crippen LogP contribution in [0.5, 0.6) is 5.75 Å². The molecule has 0 fully saturated rings. The van der Waals surface area contributed by atoms with Gasteiger partial charge in [-0.1, -0.05) is 18.2 Å². The molecule has 0 aromatic heterocycles. The molecule has 0 aliphatic carbocycles. The molecule has 1 unspecified atom stereocenters. The second-order valence-electron chi connectivity index (χ2n) is 4.30. The fourth-order valence-electron chi connectivity index (χ4n) is 2.21. The lowest BCUT2D eigenvalue weighted by Crippen LogP contribution is -2.45. The lowest BCUT2D eigenvalue weighted by molar-refractivity contribution is -0.136. The molecule has 6 heteroatoms. The summed E-state index contributed by atoms with van der Waals surface area (Å²) in [5.41, 5.74) is 2.00. The zero-order chi connectivity index (χ0) is 14.7. The van der Waals surface area contributed by atoms with E-state index in [9.17, 15) is 4.79 Å². The third-order valence-corrected chi connectivity index (χ3v) is 3.34. The van der Waals surface area contributed by atoms with Gasteiger partial charge in [0, 0.05) is 11.3 Å². The number of para-hydroxylation sites is 1. The van der Waals surface area contributed by atoms with Crippen molar-refractivity contribution in [3.8, 4) is 5.75 Å². The molecule has 1 aliphatic heterocycles. The number of nitrogens with one attached hydrogen (secondary N) is 2. The molecular formula is C14H16N2O3S. The Kier molecular flexibility index (Phi) is 4.24. The quantitative estimate of drug-likeness (QED) is 0.653. The van der Waals surface area contributed by atoms with Gasteiger partial charge in [0.2, 0.25) is 0 Å². The van der Waals surface area contributed by atoms with Gasteiger partial charge in [0.05, 0.1) is 25.8 Å².